The Hall–Kier alpha value is -3.29. The second kappa shape index (κ2) is 7.14. The Labute approximate surface area is 156 Å². The SMILES string of the molecule is COc1ccccc1CN(C)C(=O)CN1C(=O)NC(C)(c2ccco2)C1=O. The van der Waals surface area contributed by atoms with Crippen molar-refractivity contribution in [2.75, 3.05) is 20.7 Å². The normalized spacial score (nSPS) is 19.1. The van der Waals surface area contributed by atoms with Crippen molar-refractivity contribution in [2.24, 2.45) is 0 Å². The molecule has 2 heterocycles. The molecule has 3 rings (SSSR count). The lowest BCUT2D eigenvalue weighted by Crippen LogP contribution is -2.43. The smallest absolute Gasteiger partial charge is 0.325 e. The fraction of sp³-hybridized carbons (Fsp3) is 0.316. The predicted octanol–water partition coefficient (Wildman–Crippen LogP) is 1.71. The zero-order valence-electron chi connectivity index (χ0n) is 15.4. The first-order valence-electron chi connectivity index (χ1n) is 8.40. The number of rotatable bonds is 6. The van der Waals surface area contributed by atoms with Gasteiger partial charge in [0.1, 0.15) is 18.1 Å². The summed E-state index contributed by atoms with van der Waals surface area (Å²) in [5.41, 5.74) is -0.490. The Bertz CT molecular complexity index is 864. The molecule has 0 bridgehead atoms. The van der Waals surface area contributed by atoms with Crippen LogP contribution < -0.4 is 10.1 Å². The molecule has 0 radical (unpaired) electrons. The number of carbonyl (C=O) groups is 3. The number of nitrogens with zero attached hydrogens (tertiary/aromatic N) is 2. The molecule has 1 unspecified atom stereocenters. The Balaban J connectivity index is 1.70. The van der Waals surface area contributed by atoms with Crippen LogP contribution in [-0.2, 0) is 21.7 Å². The molecule has 2 aromatic rings. The van der Waals surface area contributed by atoms with Gasteiger partial charge in [0.2, 0.25) is 5.91 Å². The van der Waals surface area contributed by atoms with E-state index in [0.29, 0.717) is 18.1 Å². The number of benzene rings is 1. The van der Waals surface area contributed by atoms with E-state index >= 15 is 0 Å². The largest absolute Gasteiger partial charge is 0.496 e. The molecule has 4 amide bonds. The summed E-state index contributed by atoms with van der Waals surface area (Å²) in [4.78, 5) is 39.9. The molecule has 1 aliphatic heterocycles. The van der Waals surface area contributed by atoms with E-state index in [1.165, 1.54) is 11.2 Å². The van der Waals surface area contributed by atoms with Crippen molar-refractivity contribution in [3.05, 3.63) is 54.0 Å². The molecule has 1 aliphatic rings. The summed E-state index contributed by atoms with van der Waals surface area (Å²) in [5.74, 6) is 0.0882. The lowest BCUT2D eigenvalue weighted by atomic mass is 9.99. The summed E-state index contributed by atoms with van der Waals surface area (Å²) in [6.07, 6.45) is 1.43. The summed E-state index contributed by atoms with van der Waals surface area (Å²) < 4.78 is 10.6. The van der Waals surface area contributed by atoms with E-state index in [9.17, 15) is 14.4 Å². The van der Waals surface area contributed by atoms with Gasteiger partial charge < -0.3 is 19.4 Å². The van der Waals surface area contributed by atoms with E-state index in [0.717, 1.165) is 10.5 Å². The predicted molar refractivity (Wildman–Crippen MR) is 95.8 cm³/mol. The number of nitrogens with one attached hydrogen (secondary N) is 1. The quantitative estimate of drug-likeness (QED) is 0.781. The molecule has 0 saturated carbocycles. The maximum atomic E-state index is 12.7. The van der Waals surface area contributed by atoms with E-state index in [2.05, 4.69) is 5.32 Å². The first-order valence-corrected chi connectivity index (χ1v) is 8.40. The number of urea groups is 1. The molecule has 0 aliphatic carbocycles. The van der Waals surface area contributed by atoms with Gasteiger partial charge in [-0.2, -0.15) is 0 Å². The minimum Gasteiger partial charge on any atom is -0.496 e. The third kappa shape index (κ3) is 3.38. The van der Waals surface area contributed by atoms with E-state index in [1.54, 1.807) is 39.3 Å². The highest BCUT2D eigenvalue weighted by Crippen LogP contribution is 2.29. The van der Waals surface area contributed by atoms with Crippen molar-refractivity contribution >= 4 is 17.8 Å². The average molecular weight is 371 g/mol. The van der Waals surface area contributed by atoms with Gasteiger partial charge in [-0.15, -0.1) is 0 Å². The minimum atomic E-state index is -1.32. The third-order valence-electron chi connectivity index (χ3n) is 4.61. The van der Waals surface area contributed by atoms with Crippen LogP contribution in [0, 0.1) is 0 Å². The second-order valence-electron chi connectivity index (χ2n) is 6.49. The zero-order valence-corrected chi connectivity index (χ0v) is 15.4. The van der Waals surface area contributed by atoms with E-state index in [1.807, 2.05) is 18.2 Å². The first-order chi connectivity index (χ1) is 12.9. The molecule has 1 N–H and O–H groups in total. The molecule has 8 heteroatoms. The molecule has 1 aromatic carbocycles. The molecule has 1 fully saturated rings. The van der Waals surface area contributed by atoms with Crippen molar-refractivity contribution in [3.63, 3.8) is 0 Å². The Morgan fingerprint density at radius 3 is 2.67 bits per heavy atom. The summed E-state index contributed by atoms with van der Waals surface area (Å²) in [6.45, 7) is 1.49. The maximum Gasteiger partial charge on any atom is 0.325 e. The number of carbonyl (C=O) groups excluding carboxylic acids is 3. The van der Waals surface area contributed by atoms with Crippen molar-refractivity contribution < 1.29 is 23.5 Å². The van der Waals surface area contributed by atoms with Crippen LogP contribution in [0.4, 0.5) is 4.79 Å². The number of hydrogen-bond donors (Lipinski definition) is 1. The van der Waals surface area contributed by atoms with Gasteiger partial charge in [-0.1, -0.05) is 18.2 Å². The number of hydrogen-bond acceptors (Lipinski definition) is 5. The van der Waals surface area contributed by atoms with Crippen LogP contribution in [0.1, 0.15) is 18.2 Å². The Morgan fingerprint density at radius 1 is 1.26 bits per heavy atom. The second-order valence-corrected chi connectivity index (χ2v) is 6.49. The van der Waals surface area contributed by atoms with Crippen molar-refractivity contribution in [2.45, 2.75) is 19.0 Å². The van der Waals surface area contributed by atoms with Crippen LogP contribution in [0.25, 0.3) is 0 Å². The molecule has 1 aromatic heterocycles. The lowest BCUT2D eigenvalue weighted by Gasteiger charge is -2.22. The number of imide groups is 1. The molecular formula is C19H21N3O5. The fourth-order valence-electron chi connectivity index (χ4n) is 3.00. The highest BCUT2D eigenvalue weighted by atomic mass is 16.5. The number of methoxy groups -OCH3 is 1. The first kappa shape index (κ1) is 18.5. The number of para-hydroxylation sites is 1. The van der Waals surface area contributed by atoms with Gasteiger partial charge in [-0.05, 0) is 25.1 Å². The van der Waals surface area contributed by atoms with Gasteiger partial charge in [0, 0.05) is 19.2 Å². The molecule has 0 spiro atoms. The summed E-state index contributed by atoms with van der Waals surface area (Å²) in [6, 6.07) is 9.96. The zero-order chi connectivity index (χ0) is 19.6. The van der Waals surface area contributed by atoms with Gasteiger partial charge in [0.15, 0.2) is 5.54 Å². The highest BCUT2D eigenvalue weighted by Gasteiger charge is 2.51. The monoisotopic (exact) mass is 371 g/mol. The van der Waals surface area contributed by atoms with Crippen molar-refractivity contribution in [1.29, 1.82) is 0 Å². The minimum absolute atomic E-state index is 0.294. The molecule has 142 valence electrons. The Morgan fingerprint density at radius 2 is 2.00 bits per heavy atom. The molecule has 27 heavy (non-hydrogen) atoms. The van der Waals surface area contributed by atoms with Crippen LogP contribution in [0.15, 0.2) is 47.1 Å². The van der Waals surface area contributed by atoms with Gasteiger partial charge in [0.05, 0.1) is 13.4 Å². The van der Waals surface area contributed by atoms with Gasteiger partial charge in [-0.3, -0.25) is 14.5 Å². The van der Waals surface area contributed by atoms with Crippen LogP contribution in [-0.4, -0.2) is 48.3 Å². The van der Waals surface area contributed by atoms with Crippen molar-refractivity contribution in [1.82, 2.24) is 15.1 Å². The molecule has 1 atom stereocenters. The molecule has 1 saturated heterocycles. The topological polar surface area (TPSA) is 92.1 Å². The number of furan rings is 1. The highest BCUT2D eigenvalue weighted by molar-refractivity contribution is 6.08. The van der Waals surface area contributed by atoms with E-state index < -0.39 is 17.5 Å². The third-order valence-corrected chi connectivity index (χ3v) is 4.61. The molecular weight excluding hydrogens is 350 g/mol. The van der Waals surface area contributed by atoms with Crippen LogP contribution in [0.5, 0.6) is 5.75 Å². The molecule has 8 nitrogen and oxygen atoms in total. The summed E-state index contributed by atoms with van der Waals surface area (Å²) in [7, 11) is 3.17. The van der Waals surface area contributed by atoms with Crippen LogP contribution >= 0.6 is 0 Å². The van der Waals surface area contributed by atoms with E-state index in [-0.39, 0.29) is 12.5 Å². The number of ether oxygens (including phenoxy) is 1. The van der Waals surface area contributed by atoms with Gasteiger partial charge >= 0.3 is 6.03 Å². The average Bonchev–Trinajstić information content (AvgIpc) is 3.26. The van der Waals surface area contributed by atoms with Gasteiger partial charge in [-0.25, -0.2) is 4.79 Å². The maximum absolute atomic E-state index is 12.7. The van der Waals surface area contributed by atoms with Crippen LogP contribution in [0.2, 0.25) is 0 Å². The van der Waals surface area contributed by atoms with Gasteiger partial charge in [0.25, 0.3) is 5.91 Å². The Kier molecular flexibility index (Phi) is 4.89. The standard InChI is InChI=1S/C19H21N3O5/c1-19(15-9-6-10-27-15)17(24)22(18(25)20-19)12-16(23)21(2)11-13-7-4-5-8-14(13)26-3/h4-10H,11-12H2,1-3H3,(H,20,25). The fourth-order valence-corrected chi connectivity index (χ4v) is 3.00. The number of amides is 4. The van der Waals surface area contributed by atoms with Crippen LogP contribution in [0.3, 0.4) is 0 Å². The van der Waals surface area contributed by atoms with E-state index in [4.69, 9.17) is 9.15 Å². The number of likely N-dealkylation sites (N-methyl/N-ethyl adjacent to an activating group) is 1. The lowest BCUT2D eigenvalue weighted by molar-refractivity contribution is -0.138. The summed E-state index contributed by atoms with van der Waals surface area (Å²) in [5, 5.41) is 2.60. The summed E-state index contributed by atoms with van der Waals surface area (Å²) >= 11 is 0. The van der Waals surface area contributed by atoms with Crippen molar-refractivity contribution in [3.8, 4) is 5.75 Å².